The number of para-hydroxylation sites is 3. The molecular formula is C63H43N5Si. The lowest BCUT2D eigenvalue weighted by atomic mass is 10.0. The lowest BCUT2D eigenvalue weighted by Crippen LogP contribution is -2.74. The third-order valence-corrected chi connectivity index (χ3v) is 18.5. The van der Waals surface area contributed by atoms with E-state index in [1.54, 1.807) is 0 Å². The number of fused-ring (bicyclic) bond motifs is 6. The summed E-state index contributed by atoms with van der Waals surface area (Å²) < 4.78 is 4.60. The Kier molecular flexibility index (Phi) is 9.77. The van der Waals surface area contributed by atoms with Crippen LogP contribution in [0.5, 0.6) is 0 Å². The SMILES string of the molecule is c1ccc(-c2ccc(-c3nc(-c4cccc([Si](c5ccccc5)(c5ccccc5)c5ccccc5)c4)nc(-n4c5ccccc5c5cc(-n6c7ccccc7c7ccccc76)ccc54)n3)cc2)cc1. The maximum Gasteiger partial charge on any atom is 0.238 e. The lowest BCUT2D eigenvalue weighted by Gasteiger charge is -2.34. The molecule has 0 aliphatic heterocycles. The summed E-state index contributed by atoms with van der Waals surface area (Å²) >= 11 is 0. The topological polar surface area (TPSA) is 48.5 Å². The van der Waals surface area contributed by atoms with E-state index < -0.39 is 8.07 Å². The van der Waals surface area contributed by atoms with Gasteiger partial charge in [-0.2, -0.15) is 9.97 Å². The van der Waals surface area contributed by atoms with Crippen molar-refractivity contribution in [3.8, 4) is 45.5 Å². The van der Waals surface area contributed by atoms with Crippen molar-refractivity contribution in [3.63, 3.8) is 0 Å². The summed E-state index contributed by atoms with van der Waals surface area (Å²) in [6, 6.07) is 93.8. The Labute approximate surface area is 400 Å². The molecule has 10 aromatic carbocycles. The van der Waals surface area contributed by atoms with Crippen molar-refractivity contribution >= 4 is 72.4 Å². The second-order valence-corrected chi connectivity index (χ2v) is 21.4. The van der Waals surface area contributed by atoms with E-state index >= 15 is 0 Å². The van der Waals surface area contributed by atoms with Crippen LogP contribution in [0.2, 0.25) is 0 Å². The molecule has 0 spiro atoms. The van der Waals surface area contributed by atoms with Crippen molar-refractivity contribution in [1.29, 1.82) is 0 Å². The molecule has 0 unspecified atom stereocenters. The van der Waals surface area contributed by atoms with Gasteiger partial charge < -0.3 is 4.57 Å². The van der Waals surface area contributed by atoms with Gasteiger partial charge >= 0.3 is 0 Å². The molecule has 69 heavy (non-hydrogen) atoms. The van der Waals surface area contributed by atoms with E-state index in [1.807, 2.05) is 6.07 Å². The molecule has 0 saturated heterocycles. The summed E-state index contributed by atoms with van der Waals surface area (Å²) in [6.45, 7) is 0. The molecule has 0 N–H and O–H groups in total. The van der Waals surface area contributed by atoms with Crippen LogP contribution in [0.1, 0.15) is 0 Å². The summed E-state index contributed by atoms with van der Waals surface area (Å²) in [4.78, 5) is 16.2. The quantitative estimate of drug-likeness (QED) is 0.107. The Morgan fingerprint density at radius 1 is 0.261 bits per heavy atom. The van der Waals surface area contributed by atoms with Gasteiger partial charge in [-0.1, -0.05) is 224 Å². The van der Waals surface area contributed by atoms with Gasteiger partial charge in [-0.15, -0.1) is 0 Å². The van der Waals surface area contributed by atoms with Gasteiger partial charge in [0.2, 0.25) is 5.95 Å². The Balaban J connectivity index is 1.04. The highest BCUT2D eigenvalue weighted by Crippen LogP contribution is 2.37. The van der Waals surface area contributed by atoms with Gasteiger partial charge in [-0.25, -0.2) is 4.98 Å². The van der Waals surface area contributed by atoms with Crippen LogP contribution < -0.4 is 20.7 Å². The fraction of sp³-hybridized carbons (Fsp3) is 0. The molecule has 324 valence electrons. The predicted molar refractivity (Wildman–Crippen MR) is 288 cm³/mol. The standard InChI is InChI=1S/C63H43N5Si/c1-5-20-44(21-6-1)45-36-38-46(39-37-45)61-64-62(47-22-19-29-52(42-47)69(49-23-7-2-8-24-49,50-25-9-3-10-26-50)51-27-11-4-12-28-51)66-63(65-61)68-59-35-18-15-32-55(59)56-43-48(40-41-60(56)68)67-57-33-16-13-30-53(57)54-31-14-17-34-58(54)67/h1-43H. The minimum atomic E-state index is -2.86. The minimum absolute atomic E-state index is 0.557. The van der Waals surface area contributed by atoms with Crippen LogP contribution in [-0.4, -0.2) is 32.2 Å². The van der Waals surface area contributed by atoms with Crippen LogP contribution in [0.25, 0.3) is 89.2 Å². The number of benzene rings is 10. The number of hydrogen-bond donors (Lipinski definition) is 0. The van der Waals surface area contributed by atoms with Crippen molar-refractivity contribution < 1.29 is 0 Å². The van der Waals surface area contributed by atoms with Crippen molar-refractivity contribution in [1.82, 2.24) is 24.1 Å². The first-order valence-electron chi connectivity index (χ1n) is 23.4. The van der Waals surface area contributed by atoms with E-state index in [1.165, 1.54) is 42.6 Å². The van der Waals surface area contributed by atoms with Crippen LogP contribution in [-0.2, 0) is 0 Å². The number of rotatable bonds is 9. The van der Waals surface area contributed by atoms with E-state index in [4.69, 9.17) is 15.0 Å². The highest BCUT2D eigenvalue weighted by atomic mass is 28.3. The predicted octanol–water partition coefficient (Wildman–Crippen LogP) is 12.4. The molecule has 13 rings (SSSR count). The van der Waals surface area contributed by atoms with Crippen molar-refractivity contribution in [2.75, 3.05) is 0 Å². The Bertz CT molecular complexity index is 3850. The Morgan fingerprint density at radius 3 is 1.23 bits per heavy atom. The molecule has 0 radical (unpaired) electrons. The van der Waals surface area contributed by atoms with Crippen molar-refractivity contribution in [3.05, 3.63) is 261 Å². The third-order valence-electron chi connectivity index (χ3n) is 13.7. The van der Waals surface area contributed by atoms with E-state index in [9.17, 15) is 0 Å². The second-order valence-electron chi connectivity index (χ2n) is 17.6. The zero-order valence-corrected chi connectivity index (χ0v) is 38.6. The van der Waals surface area contributed by atoms with Crippen LogP contribution in [0.15, 0.2) is 261 Å². The van der Waals surface area contributed by atoms with E-state index in [0.717, 1.165) is 49.7 Å². The molecule has 0 amide bonds. The van der Waals surface area contributed by atoms with Gasteiger partial charge in [0, 0.05) is 38.4 Å². The molecule has 0 atom stereocenters. The van der Waals surface area contributed by atoms with Crippen LogP contribution in [0.3, 0.4) is 0 Å². The maximum absolute atomic E-state index is 5.48. The summed E-state index contributed by atoms with van der Waals surface area (Å²) in [7, 11) is -2.86. The molecular weight excluding hydrogens is 855 g/mol. The van der Waals surface area contributed by atoms with Gasteiger partial charge in [0.1, 0.15) is 0 Å². The number of aromatic nitrogens is 5. The van der Waals surface area contributed by atoms with Gasteiger partial charge in [0.15, 0.2) is 19.7 Å². The summed E-state index contributed by atoms with van der Waals surface area (Å²) in [5.74, 6) is 1.76. The van der Waals surface area contributed by atoms with E-state index in [0.29, 0.717) is 17.6 Å². The van der Waals surface area contributed by atoms with Crippen LogP contribution in [0.4, 0.5) is 0 Å². The molecule has 0 aliphatic carbocycles. The second kappa shape index (κ2) is 16.7. The summed E-state index contributed by atoms with van der Waals surface area (Å²) in [6.07, 6.45) is 0. The van der Waals surface area contributed by atoms with Gasteiger partial charge in [-0.3, -0.25) is 4.57 Å². The van der Waals surface area contributed by atoms with Gasteiger partial charge in [0.25, 0.3) is 0 Å². The minimum Gasteiger partial charge on any atom is -0.309 e. The zero-order valence-electron chi connectivity index (χ0n) is 37.6. The molecule has 13 aromatic rings. The lowest BCUT2D eigenvalue weighted by molar-refractivity contribution is 0.953. The highest BCUT2D eigenvalue weighted by molar-refractivity contribution is 7.19. The van der Waals surface area contributed by atoms with Crippen molar-refractivity contribution in [2.24, 2.45) is 0 Å². The summed E-state index contributed by atoms with van der Waals surface area (Å²) in [5.41, 5.74) is 9.60. The first-order chi connectivity index (χ1) is 34.2. The molecule has 0 fully saturated rings. The zero-order chi connectivity index (χ0) is 45.7. The molecule has 0 bridgehead atoms. The fourth-order valence-electron chi connectivity index (χ4n) is 10.6. The number of hydrogen-bond acceptors (Lipinski definition) is 3. The normalized spacial score (nSPS) is 11.8. The van der Waals surface area contributed by atoms with Crippen LogP contribution in [0, 0.1) is 0 Å². The molecule has 5 nitrogen and oxygen atoms in total. The summed E-state index contributed by atoms with van der Waals surface area (Å²) in [5, 5.41) is 9.87. The smallest absolute Gasteiger partial charge is 0.238 e. The van der Waals surface area contributed by atoms with Crippen molar-refractivity contribution in [2.45, 2.75) is 0 Å². The maximum atomic E-state index is 5.48. The Morgan fingerprint density at radius 2 is 0.667 bits per heavy atom. The highest BCUT2D eigenvalue weighted by Gasteiger charge is 2.41. The first kappa shape index (κ1) is 40.3. The average Bonchev–Trinajstić information content (AvgIpc) is 3.95. The largest absolute Gasteiger partial charge is 0.309 e. The Hall–Kier alpha value is -8.97. The molecule has 0 saturated carbocycles. The third kappa shape index (κ3) is 6.72. The molecule has 0 aliphatic rings. The van der Waals surface area contributed by atoms with Gasteiger partial charge in [-0.05, 0) is 68.3 Å². The van der Waals surface area contributed by atoms with E-state index in [-0.39, 0.29) is 0 Å². The first-order valence-corrected chi connectivity index (χ1v) is 25.4. The monoisotopic (exact) mass is 897 g/mol. The molecule has 3 aromatic heterocycles. The van der Waals surface area contributed by atoms with Gasteiger partial charge in [0.05, 0.1) is 22.1 Å². The molecule has 3 heterocycles. The fourth-order valence-corrected chi connectivity index (χ4v) is 15.4. The van der Waals surface area contributed by atoms with Crippen LogP contribution >= 0.6 is 0 Å². The average molecular weight is 898 g/mol. The van der Waals surface area contributed by atoms with E-state index in [2.05, 4.69) is 264 Å². The number of nitrogens with zero attached hydrogens (tertiary/aromatic N) is 5. The molecule has 6 heteroatoms.